The Hall–Kier alpha value is -2.43. The van der Waals surface area contributed by atoms with Gasteiger partial charge in [0.15, 0.2) is 0 Å². The number of ether oxygens (including phenoxy) is 2. The van der Waals surface area contributed by atoms with E-state index in [1.165, 1.54) is 11.1 Å². The normalized spacial score (nSPS) is 17.1. The molecule has 1 aromatic rings. The van der Waals surface area contributed by atoms with E-state index in [2.05, 4.69) is 24.4 Å². The van der Waals surface area contributed by atoms with Crippen LogP contribution < -0.4 is 14.8 Å². The number of likely N-dealkylation sites (tertiary alicyclic amines) is 1. The average Bonchev–Trinajstić information content (AvgIpc) is 2.65. The molecule has 2 amide bonds. The largest absolute Gasteiger partial charge is 0.497 e. The molecule has 0 radical (unpaired) electrons. The highest BCUT2D eigenvalue weighted by atomic mass is 16.5. The summed E-state index contributed by atoms with van der Waals surface area (Å²) >= 11 is 0. The van der Waals surface area contributed by atoms with Crippen LogP contribution in [0.4, 0.5) is 4.79 Å². The zero-order chi connectivity index (χ0) is 18.4. The number of nitrogens with zero attached hydrogens (tertiary/aromatic N) is 1. The molecule has 5 nitrogen and oxygen atoms in total. The average molecular weight is 356 g/mol. The van der Waals surface area contributed by atoms with Gasteiger partial charge < -0.3 is 19.7 Å². The first-order chi connectivity index (χ1) is 12.6. The van der Waals surface area contributed by atoms with Crippen molar-refractivity contribution < 1.29 is 14.3 Å². The number of amides is 2. The standard InChI is InChI=1S/C21H28N2O3/c1-16-13-18(14-16)7-10-22-21(24)23-11-8-17(9-12-23)15-26-20-5-3-19(25-2)4-6-20/h3-6,13-14,17H,7-12,15H2,1-2H3,(H,22,24). The van der Waals surface area contributed by atoms with Crippen molar-refractivity contribution in [2.45, 2.75) is 26.2 Å². The topological polar surface area (TPSA) is 50.8 Å². The van der Waals surface area contributed by atoms with E-state index in [4.69, 9.17) is 9.47 Å². The van der Waals surface area contributed by atoms with Gasteiger partial charge in [0.2, 0.25) is 0 Å². The van der Waals surface area contributed by atoms with Gasteiger partial charge in [0.1, 0.15) is 11.5 Å². The molecule has 26 heavy (non-hydrogen) atoms. The predicted molar refractivity (Wildman–Crippen MR) is 103 cm³/mol. The van der Waals surface area contributed by atoms with Gasteiger partial charge in [-0.1, -0.05) is 17.7 Å². The number of piperidine rings is 1. The Morgan fingerprint density at radius 3 is 2.42 bits per heavy atom. The van der Waals surface area contributed by atoms with Crippen molar-refractivity contribution in [2.75, 3.05) is 33.4 Å². The molecule has 3 rings (SSSR count). The van der Waals surface area contributed by atoms with Crippen LogP contribution in [0.3, 0.4) is 0 Å². The molecule has 1 saturated heterocycles. The number of benzene rings is 1. The third kappa shape index (κ3) is 5.04. The second-order valence-corrected chi connectivity index (χ2v) is 7.01. The molecule has 0 bridgehead atoms. The summed E-state index contributed by atoms with van der Waals surface area (Å²) in [6.45, 7) is 5.08. The molecule has 5 heteroatoms. The van der Waals surface area contributed by atoms with Gasteiger partial charge in [-0.3, -0.25) is 0 Å². The van der Waals surface area contributed by atoms with Gasteiger partial charge in [0, 0.05) is 19.6 Å². The van der Waals surface area contributed by atoms with Crippen molar-refractivity contribution in [2.24, 2.45) is 5.92 Å². The van der Waals surface area contributed by atoms with E-state index >= 15 is 0 Å². The van der Waals surface area contributed by atoms with Gasteiger partial charge in [-0.2, -0.15) is 0 Å². The molecule has 1 aliphatic carbocycles. The lowest BCUT2D eigenvalue weighted by Crippen LogP contribution is -2.45. The van der Waals surface area contributed by atoms with Crippen LogP contribution in [0, 0.1) is 5.92 Å². The summed E-state index contributed by atoms with van der Waals surface area (Å²) in [5, 5.41) is 3.02. The number of carbonyl (C=O) groups excluding carboxylic acids is 1. The van der Waals surface area contributed by atoms with E-state index in [1.807, 2.05) is 29.2 Å². The van der Waals surface area contributed by atoms with Gasteiger partial charge in [0.25, 0.3) is 0 Å². The zero-order valence-corrected chi connectivity index (χ0v) is 15.7. The number of methoxy groups -OCH3 is 1. The van der Waals surface area contributed by atoms with Crippen LogP contribution in [0.1, 0.15) is 26.2 Å². The minimum Gasteiger partial charge on any atom is -0.497 e. The second-order valence-electron chi connectivity index (χ2n) is 7.01. The summed E-state index contributed by atoms with van der Waals surface area (Å²) in [7, 11) is 1.66. The van der Waals surface area contributed by atoms with Gasteiger partial charge in [-0.25, -0.2) is 4.79 Å². The molecule has 1 aromatic carbocycles. The number of nitrogens with one attached hydrogen (secondary N) is 1. The highest BCUT2D eigenvalue weighted by molar-refractivity contribution is 5.74. The molecule has 1 aliphatic heterocycles. The number of carbonyl (C=O) groups is 1. The first-order valence-corrected chi connectivity index (χ1v) is 9.32. The summed E-state index contributed by atoms with van der Waals surface area (Å²) in [5.41, 5.74) is 2.63. The Labute approximate surface area is 155 Å². The number of hydrogen-bond donors (Lipinski definition) is 1. The Bertz CT molecular complexity index is 671. The molecule has 2 aliphatic rings. The maximum atomic E-state index is 12.2. The van der Waals surface area contributed by atoms with Crippen LogP contribution in [0.25, 0.3) is 0 Å². The van der Waals surface area contributed by atoms with Crippen molar-refractivity contribution in [1.82, 2.24) is 10.2 Å². The van der Waals surface area contributed by atoms with Gasteiger partial charge in [-0.15, -0.1) is 0 Å². The van der Waals surface area contributed by atoms with E-state index in [0.29, 0.717) is 19.1 Å². The highest BCUT2D eigenvalue weighted by Crippen LogP contribution is 2.22. The summed E-state index contributed by atoms with van der Waals surface area (Å²) in [6.07, 6.45) is 7.21. The number of urea groups is 1. The van der Waals surface area contributed by atoms with Crippen molar-refractivity contribution in [3.05, 3.63) is 47.6 Å². The van der Waals surface area contributed by atoms with E-state index in [0.717, 1.165) is 43.9 Å². The summed E-state index contributed by atoms with van der Waals surface area (Å²) < 4.78 is 11.0. The number of hydrogen-bond acceptors (Lipinski definition) is 3. The maximum Gasteiger partial charge on any atom is 0.317 e. The minimum atomic E-state index is 0.0557. The third-order valence-electron chi connectivity index (χ3n) is 4.96. The van der Waals surface area contributed by atoms with Gasteiger partial charge >= 0.3 is 6.03 Å². The molecule has 0 aromatic heterocycles. The lowest BCUT2D eigenvalue weighted by molar-refractivity contribution is 0.145. The first-order valence-electron chi connectivity index (χ1n) is 9.32. The van der Waals surface area contributed by atoms with E-state index in [1.54, 1.807) is 7.11 Å². The fourth-order valence-corrected chi connectivity index (χ4v) is 3.33. The Balaban J connectivity index is 1.31. The van der Waals surface area contributed by atoms with Crippen molar-refractivity contribution in [3.63, 3.8) is 0 Å². The quantitative estimate of drug-likeness (QED) is 0.809. The zero-order valence-electron chi connectivity index (χ0n) is 15.7. The molecule has 0 atom stereocenters. The molecule has 0 spiro atoms. The van der Waals surface area contributed by atoms with Crippen LogP contribution >= 0.6 is 0 Å². The predicted octanol–water partition coefficient (Wildman–Crippen LogP) is 3.77. The third-order valence-corrected chi connectivity index (χ3v) is 4.96. The van der Waals surface area contributed by atoms with Crippen molar-refractivity contribution in [3.8, 4) is 11.5 Å². The summed E-state index contributed by atoms with van der Waals surface area (Å²) in [6, 6.07) is 7.71. The maximum absolute atomic E-state index is 12.2. The van der Waals surface area contributed by atoms with E-state index < -0.39 is 0 Å². The van der Waals surface area contributed by atoms with Crippen LogP contribution in [0.15, 0.2) is 47.6 Å². The van der Waals surface area contributed by atoms with Crippen LogP contribution in [0.5, 0.6) is 11.5 Å². The van der Waals surface area contributed by atoms with Crippen LogP contribution in [0.2, 0.25) is 0 Å². The number of allylic oxidation sites excluding steroid dienone is 3. The second kappa shape index (κ2) is 8.79. The molecule has 140 valence electrons. The molecule has 0 unspecified atom stereocenters. The van der Waals surface area contributed by atoms with Crippen molar-refractivity contribution >= 4 is 6.03 Å². The Kier molecular flexibility index (Phi) is 6.21. The Morgan fingerprint density at radius 2 is 1.81 bits per heavy atom. The monoisotopic (exact) mass is 356 g/mol. The van der Waals surface area contributed by atoms with E-state index in [9.17, 15) is 4.79 Å². The molecular weight excluding hydrogens is 328 g/mol. The molecule has 1 N–H and O–H groups in total. The fraction of sp³-hybridized carbons (Fsp3) is 0.476. The van der Waals surface area contributed by atoms with Crippen LogP contribution in [-0.2, 0) is 0 Å². The summed E-state index contributed by atoms with van der Waals surface area (Å²) in [5.74, 6) is 2.19. The SMILES string of the molecule is COc1ccc(OCC2CCN(C(=O)NCCC3=CC(C)=C3)CC2)cc1. The van der Waals surface area contributed by atoms with Gasteiger partial charge in [-0.05, 0) is 61.9 Å². The minimum absolute atomic E-state index is 0.0557. The highest BCUT2D eigenvalue weighted by Gasteiger charge is 2.23. The lowest BCUT2D eigenvalue weighted by Gasteiger charge is -2.32. The molecule has 0 saturated carbocycles. The summed E-state index contributed by atoms with van der Waals surface area (Å²) in [4.78, 5) is 14.2. The smallest absolute Gasteiger partial charge is 0.317 e. The van der Waals surface area contributed by atoms with Crippen molar-refractivity contribution in [1.29, 1.82) is 0 Å². The van der Waals surface area contributed by atoms with Crippen LogP contribution in [-0.4, -0.2) is 44.3 Å². The fourth-order valence-electron chi connectivity index (χ4n) is 3.33. The molecule has 1 fully saturated rings. The molecular formula is C21H28N2O3. The van der Waals surface area contributed by atoms with Gasteiger partial charge in [0.05, 0.1) is 13.7 Å². The molecule has 1 heterocycles. The number of rotatable bonds is 7. The van der Waals surface area contributed by atoms with E-state index in [-0.39, 0.29) is 6.03 Å². The Morgan fingerprint density at radius 1 is 1.15 bits per heavy atom. The lowest BCUT2D eigenvalue weighted by atomic mass is 9.98. The first kappa shape index (κ1) is 18.4.